The zero-order chi connectivity index (χ0) is 14.8. The quantitative estimate of drug-likeness (QED) is 0.638. The van der Waals surface area contributed by atoms with Crippen LogP contribution in [0.5, 0.6) is 0 Å². The standard InChI is InChI=1S/C13H8N4O2S2/c14-4-7-5-15-11-8(7)2-1-3-9(11)17-21-13-16-10(6-20-13)12(18)19/h1-3,5-6,15,17H,(H,18,19). The molecule has 0 fully saturated rings. The molecule has 0 aliphatic heterocycles. The molecule has 0 aliphatic carbocycles. The second kappa shape index (κ2) is 5.47. The van der Waals surface area contributed by atoms with Gasteiger partial charge in [-0.3, -0.25) is 0 Å². The van der Waals surface area contributed by atoms with Gasteiger partial charge in [-0.2, -0.15) is 5.26 Å². The average Bonchev–Trinajstić information content (AvgIpc) is 3.11. The summed E-state index contributed by atoms with van der Waals surface area (Å²) in [7, 11) is 0. The van der Waals surface area contributed by atoms with Gasteiger partial charge in [0.05, 0.1) is 16.8 Å². The average molecular weight is 316 g/mol. The Balaban J connectivity index is 1.83. The molecule has 0 saturated carbocycles. The van der Waals surface area contributed by atoms with Crippen molar-refractivity contribution in [2.24, 2.45) is 0 Å². The summed E-state index contributed by atoms with van der Waals surface area (Å²) in [6, 6.07) is 7.72. The minimum absolute atomic E-state index is 0.0362. The maximum Gasteiger partial charge on any atom is 0.355 e. The number of carboxylic acid groups (broad SMARTS) is 1. The number of aromatic amines is 1. The van der Waals surface area contributed by atoms with Gasteiger partial charge in [0.1, 0.15) is 6.07 Å². The van der Waals surface area contributed by atoms with Crippen molar-refractivity contribution in [2.45, 2.75) is 4.34 Å². The van der Waals surface area contributed by atoms with Crippen molar-refractivity contribution in [3.8, 4) is 6.07 Å². The van der Waals surface area contributed by atoms with E-state index in [1.54, 1.807) is 6.20 Å². The molecule has 3 rings (SSSR count). The molecule has 2 heterocycles. The van der Waals surface area contributed by atoms with E-state index < -0.39 is 5.97 Å². The third kappa shape index (κ3) is 2.56. The zero-order valence-corrected chi connectivity index (χ0v) is 12.1. The van der Waals surface area contributed by atoms with Crippen LogP contribution in [0.1, 0.15) is 16.1 Å². The summed E-state index contributed by atoms with van der Waals surface area (Å²) in [5.41, 5.74) is 2.26. The van der Waals surface area contributed by atoms with Gasteiger partial charge in [0, 0.05) is 28.9 Å². The first-order chi connectivity index (χ1) is 10.2. The molecule has 0 radical (unpaired) electrons. The molecule has 104 valence electrons. The molecule has 0 saturated heterocycles. The lowest BCUT2D eigenvalue weighted by molar-refractivity contribution is 0.0691. The van der Waals surface area contributed by atoms with Gasteiger partial charge in [0.25, 0.3) is 0 Å². The predicted octanol–water partition coefficient (Wildman–Crippen LogP) is 3.31. The third-order valence-electron chi connectivity index (χ3n) is 2.79. The minimum Gasteiger partial charge on any atom is -0.476 e. The second-order valence-electron chi connectivity index (χ2n) is 4.05. The molecular formula is C13H8N4O2S2. The molecule has 0 bridgehead atoms. The molecule has 0 unspecified atom stereocenters. The van der Waals surface area contributed by atoms with Crippen molar-refractivity contribution in [2.75, 3.05) is 4.72 Å². The monoisotopic (exact) mass is 316 g/mol. The molecule has 1 aromatic carbocycles. The number of nitrogens with one attached hydrogen (secondary N) is 2. The fraction of sp³-hybridized carbons (Fsp3) is 0. The first kappa shape index (κ1) is 13.5. The van der Waals surface area contributed by atoms with E-state index in [0.29, 0.717) is 9.90 Å². The van der Waals surface area contributed by atoms with Crippen molar-refractivity contribution in [3.05, 3.63) is 41.0 Å². The van der Waals surface area contributed by atoms with Gasteiger partial charge in [-0.15, -0.1) is 11.3 Å². The number of hydrogen-bond acceptors (Lipinski definition) is 6. The van der Waals surface area contributed by atoms with Crippen LogP contribution in [-0.2, 0) is 0 Å². The number of para-hydroxylation sites is 1. The van der Waals surface area contributed by atoms with Crippen LogP contribution in [0.2, 0.25) is 0 Å². The lowest BCUT2D eigenvalue weighted by Crippen LogP contribution is -1.96. The van der Waals surface area contributed by atoms with E-state index >= 15 is 0 Å². The number of rotatable bonds is 4. The Hall–Kier alpha value is -2.50. The van der Waals surface area contributed by atoms with Crippen molar-refractivity contribution < 1.29 is 9.90 Å². The normalized spacial score (nSPS) is 10.4. The Morgan fingerprint density at radius 2 is 2.38 bits per heavy atom. The van der Waals surface area contributed by atoms with Crippen molar-refractivity contribution >= 4 is 45.8 Å². The molecular weight excluding hydrogens is 308 g/mol. The number of carboxylic acids is 1. The molecule has 0 amide bonds. The first-order valence-electron chi connectivity index (χ1n) is 5.81. The Bertz CT molecular complexity index is 863. The fourth-order valence-corrected chi connectivity index (χ4v) is 3.32. The highest BCUT2D eigenvalue weighted by atomic mass is 32.2. The van der Waals surface area contributed by atoms with E-state index in [2.05, 4.69) is 20.8 Å². The van der Waals surface area contributed by atoms with E-state index in [1.165, 1.54) is 28.7 Å². The summed E-state index contributed by atoms with van der Waals surface area (Å²) < 4.78 is 3.73. The topological polar surface area (TPSA) is 102 Å². The Morgan fingerprint density at radius 1 is 1.52 bits per heavy atom. The predicted molar refractivity (Wildman–Crippen MR) is 81.6 cm³/mol. The van der Waals surface area contributed by atoms with Gasteiger partial charge in [-0.1, -0.05) is 12.1 Å². The molecule has 0 aliphatic rings. The summed E-state index contributed by atoms with van der Waals surface area (Å²) in [5.74, 6) is -1.04. The number of thiazole rings is 1. The summed E-state index contributed by atoms with van der Waals surface area (Å²) in [6.07, 6.45) is 1.66. The van der Waals surface area contributed by atoms with Crippen LogP contribution in [0.3, 0.4) is 0 Å². The number of H-pyrrole nitrogens is 1. The highest BCUT2D eigenvalue weighted by Crippen LogP contribution is 2.30. The van der Waals surface area contributed by atoms with E-state index in [1.807, 2.05) is 18.2 Å². The number of fused-ring (bicyclic) bond motifs is 1. The van der Waals surface area contributed by atoms with Gasteiger partial charge < -0.3 is 14.8 Å². The van der Waals surface area contributed by atoms with Gasteiger partial charge >= 0.3 is 5.97 Å². The fourth-order valence-electron chi connectivity index (χ4n) is 1.83. The summed E-state index contributed by atoms with van der Waals surface area (Å²) in [6.45, 7) is 0. The molecule has 3 aromatic rings. The van der Waals surface area contributed by atoms with Crippen LogP contribution in [-0.4, -0.2) is 21.0 Å². The van der Waals surface area contributed by atoms with Crippen LogP contribution in [0.4, 0.5) is 5.69 Å². The Morgan fingerprint density at radius 3 is 3.10 bits per heavy atom. The van der Waals surface area contributed by atoms with Gasteiger partial charge in [0.2, 0.25) is 0 Å². The molecule has 8 heteroatoms. The molecule has 6 nitrogen and oxygen atoms in total. The highest BCUT2D eigenvalue weighted by molar-refractivity contribution is 8.02. The van der Waals surface area contributed by atoms with Crippen molar-refractivity contribution in [1.29, 1.82) is 5.26 Å². The number of benzene rings is 1. The number of nitriles is 1. The highest BCUT2D eigenvalue weighted by Gasteiger charge is 2.11. The lowest BCUT2D eigenvalue weighted by Gasteiger charge is -2.04. The number of hydrogen-bond donors (Lipinski definition) is 3. The van der Waals surface area contributed by atoms with Crippen LogP contribution < -0.4 is 4.72 Å². The SMILES string of the molecule is N#Cc1c[nH]c2c(NSc3nc(C(=O)O)cs3)cccc12. The number of carbonyl (C=O) groups is 1. The van der Waals surface area contributed by atoms with Crippen molar-refractivity contribution in [1.82, 2.24) is 9.97 Å². The third-order valence-corrected chi connectivity index (χ3v) is 4.55. The summed E-state index contributed by atoms with van der Waals surface area (Å²) >= 11 is 2.49. The maximum absolute atomic E-state index is 10.8. The minimum atomic E-state index is -1.04. The number of nitrogens with zero attached hydrogens (tertiary/aromatic N) is 2. The number of aromatic carboxylic acids is 1. The lowest BCUT2D eigenvalue weighted by atomic mass is 10.2. The van der Waals surface area contributed by atoms with Gasteiger partial charge in [-0.05, 0) is 6.07 Å². The molecule has 3 N–H and O–H groups in total. The van der Waals surface area contributed by atoms with Crippen LogP contribution >= 0.6 is 23.3 Å². The first-order valence-corrected chi connectivity index (χ1v) is 7.50. The van der Waals surface area contributed by atoms with E-state index in [4.69, 9.17) is 10.4 Å². The largest absolute Gasteiger partial charge is 0.476 e. The molecule has 21 heavy (non-hydrogen) atoms. The number of anilines is 1. The summed E-state index contributed by atoms with van der Waals surface area (Å²) in [4.78, 5) is 17.8. The Kier molecular flexibility index (Phi) is 3.51. The van der Waals surface area contributed by atoms with Crippen LogP contribution in [0.15, 0.2) is 34.1 Å². The maximum atomic E-state index is 10.8. The smallest absolute Gasteiger partial charge is 0.355 e. The Labute approximate surface area is 127 Å². The van der Waals surface area contributed by atoms with Crippen molar-refractivity contribution in [3.63, 3.8) is 0 Å². The molecule has 0 spiro atoms. The van der Waals surface area contributed by atoms with Gasteiger partial charge in [0.15, 0.2) is 10.0 Å². The van der Waals surface area contributed by atoms with E-state index in [-0.39, 0.29) is 5.69 Å². The summed E-state index contributed by atoms with van der Waals surface area (Å²) in [5, 5.41) is 20.2. The van der Waals surface area contributed by atoms with Crippen LogP contribution in [0, 0.1) is 11.3 Å². The van der Waals surface area contributed by atoms with E-state index in [0.717, 1.165) is 16.6 Å². The van der Waals surface area contributed by atoms with E-state index in [9.17, 15) is 4.79 Å². The molecule has 0 atom stereocenters. The van der Waals surface area contributed by atoms with Gasteiger partial charge in [-0.25, -0.2) is 9.78 Å². The zero-order valence-electron chi connectivity index (χ0n) is 10.5. The molecule has 2 aromatic heterocycles. The van der Waals surface area contributed by atoms with Crippen LogP contribution in [0.25, 0.3) is 10.9 Å². The number of aromatic nitrogens is 2. The second-order valence-corrected chi connectivity index (χ2v) is 5.96.